The third-order valence-corrected chi connectivity index (χ3v) is 10.1. The molecule has 0 fully saturated rings. The summed E-state index contributed by atoms with van der Waals surface area (Å²) >= 11 is 3.48. The first-order valence-electron chi connectivity index (χ1n) is 15.3. The lowest BCUT2D eigenvalue weighted by molar-refractivity contribution is -0.140. The Morgan fingerprint density at radius 1 is 0.875 bits per heavy atom. The van der Waals surface area contributed by atoms with Crippen molar-refractivity contribution in [3.8, 4) is 11.5 Å². The molecule has 1 N–H and O–H groups in total. The minimum absolute atomic E-state index is 0.0113. The molecular weight excluding hydrogens is 701 g/mol. The highest BCUT2D eigenvalue weighted by Crippen LogP contribution is 2.32. The molecule has 0 radical (unpaired) electrons. The number of rotatable bonds is 15. The van der Waals surface area contributed by atoms with Gasteiger partial charge in [0, 0.05) is 29.5 Å². The molecule has 0 bridgehead atoms. The first-order valence-corrected chi connectivity index (χ1v) is 17.6. The highest BCUT2D eigenvalue weighted by molar-refractivity contribution is 9.10. The lowest BCUT2D eigenvalue weighted by atomic mass is 10.0. The second-order valence-electron chi connectivity index (χ2n) is 11.2. The third kappa shape index (κ3) is 9.13. The van der Waals surface area contributed by atoms with Crippen molar-refractivity contribution in [1.29, 1.82) is 0 Å². The SMILES string of the molecule is CCC(C)NC(=O)C(Cc1ccccc1)N(Cc1cccc(Br)c1)C(=O)CN(c1ccc(F)cc1)S(=O)(=O)c1ccc(OC)c(OC)c1. The van der Waals surface area contributed by atoms with Crippen molar-refractivity contribution in [2.24, 2.45) is 0 Å². The smallest absolute Gasteiger partial charge is 0.264 e. The first-order chi connectivity index (χ1) is 23.0. The van der Waals surface area contributed by atoms with Crippen LogP contribution in [0.1, 0.15) is 31.4 Å². The number of methoxy groups -OCH3 is 2. The van der Waals surface area contributed by atoms with E-state index >= 15 is 0 Å². The number of amides is 2. The van der Waals surface area contributed by atoms with Crippen molar-refractivity contribution >= 4 is 43.5 Å². The van der Waals surface area contributed by atoms with E-state index in [0.29, 0.717) is 12.2 Å². The molecule has 0 heterocycles. The van der Waals surface area contributed by atoms with Crippen molar-refractivity contribution in [3.63, 3.8) is 0 Å². The van der Waals surface area contributed by atoms with Crippen LogP contribution in [0.25, 0.3) is 0 Å². The van der Waals surface area contributed by atoms with Gasteiger partial charge in [-0.3, -0.25) is 13.9 Å². The topological polar surface area (TPSA) is 105 Å². The zero-order chi connectivity index (χ0) is 34.8. The minimum atomic E-state index is -4.44. The largest absolute Gasteiger partial charge is 0.493 e. The van der Waals surface area contributed by atoms with Crippen molar-refractivity contribution in [1.82, 2.24) is 10.2 Å². The second-order valence-corrected chi connectivity index (χ2v) is 14.0. The summed E-state index contributed by atoms with van der Waals surface area (Å²) in [6.45, 7) is 3.15. The molecule has 9 nitrogen and oxygen atoms in total. The number of carbonyl (C=O) groups is 2. The number of hydrogen-bond donors (Lipinski definition) is 1. The van der Waals surface area contributed by atoms with Crippen molar-refractivity contribution in [2.45, 2.75) is 50.2 Å². The van der Waals surface area contributed by atoms with Gasteiger partial charge >= 0.3 is 0 Å². The summed E-state index contributed by atoms with van der Waals surface area (Å²) in [5.41, 5.74) is 1.61. The van der Waals surface area contributed by atoms with Crippen LogP contribution in [0.4, 0.5) is 10.1 Å². The Morgan fingerprint density at radius 2 is 1.54 bits per heavy atom. The van der Waals surface area contributed by atoms with Crippen LogP contribution in [-0.4, -0.2) is 58.0 Å². The van der Waals surface area contributed by atoms with E-state index in [9.17, 15) is 22.4 Å². The van der Waals surface area contributed by atoms with Crippen LogP contribution in [0.2, 0.25) is 0 Å². The fourth-order valence-corrected chi connectivity index (χ4v) is 6.94. The molecule has 0 aliphatic carbocycles. The second kappa shape index (κ2) is 16.6. The van der Waals surface area contributed by atoms with E-state index in [0.717, 1.165) is 32.0 Å². The van der Waals surface area contributed by atoms with Crippen molar-refractivity contribution in [2.75, 3.05) is 25.1 Å². The maximum atomic E-state index is 14.6. The Hall–Kier alpha value is -4.42. The number of anilines is 1. The molecule has 48 heavy (non-hydrogen) atoms. The van der Waals surface area contributed by atoms with Gasteiger partial charge < -0.3 is 19.7 Å². The average molecular weight is 741 g/mol. The quantitative estimate of drug-likeness (QED) is 0.152. The summed E-state index contributed by atoms with van der Waals surface area (Å²) in [6.07, 6.45) is 0.854. The number of nitrogens with one attached hydrogen (secondary N) is 1. The zero-order valence-electron chi connectivity index (χ0n) is 27.2. The molecular formula is C36H39BrFN3O6S. The Bertz CT molecular complexity index is 1810. The minimum Gasteiger partial charge on any atom is -0.493 e. The lowest BCUT2D eigenvalue weighted by Gasteiger charge is -2.34. The van der Waals surface area contributed by atoms with Crippen LogP contribution in [-0.2, 0) is 32.6 Å². The molecule has 254 valence electrons. The lowest BCUT2D eigenvalue weighted by Crippen LogP contribution is -2.54. The molecule has 0 spiro atoms. The van der Waals surface area contributed by atoms with Crippen LogP contribution in [0.3, 0.4) is 0 Å². The van der Waals surface area contributed by atoms with Gasteiger partial charge in [-0.05, 0) is 73.0 Å². The normalized spacial score (nSPS) is 12.5. The highest BCUT2D eigenvalue weighted by atomic mass is 79.9. The van der Waals surface area contributed by atoms with E-state index in [2.05, 4.69) is 21.2 Å². The van der Waals surface area contributed by atoms with E-state index in [4.69, 9.17) is 9.47 Å². The van der Waals surface area contributed by atoms with Crippen molar-refractivity contribution < 1.29 is 31.9 Å². The molecule has 2 atom stereocenters. The van der Waals surface area contributed by atoms with E-state index in [1.807, 2.05) is 68.4 Å². The summed E-state index contributed by atoms with van der Waals surface area (Å²) in [4.78, 5) is 29.8. The number of hydrogen-bond acceptors (Lipinski definition) is 6. The monoisotopic (exact) mass is 739 g/mol. The number of carbonyl (C=O) groups excluding carboxylic acids is 2. The first kappa shape index (κ1) is 36.4. The number of sulfonamides is 1. The van der Waals surface area contributed by atoms with E-state index in [1.165, 1.54) is 49.5 Å². The Morgan fingerprint density at radius 3 is 2.17 bits per heavy atom. The van der Waals surface area contributed by atoms with Gasteiger partial charge in [0.25, 0.3) is 10.0 Å². The maximum absolute atomic E-state index is 14.6. The number of benzene rings is 4. The summed E-state index contributed by atoms with van der Waals surface area (Å²) in [6, 6.07) is 24.4. The van der Waals surface area contributed by atoms with Gasteiger partial charge in [-0.1, -0.05) is 65.3 Å². The molecule has 4 aromatic rings. The van der Waals surface area contributed by atoms with Gasteiger partial charge in [0.05, 0.1) is 24.8 Å². The van der Waals surface area contributed by atoms with E-state index in [1.54, 1.807) is 0 Å². The van der Waals surface area contributed by atoms with Crippen molar-refractivity contribution in [3.05, 3.63) is 118 Å². The molecule has 4 aromatic carbocycles. The van der Waals surface area contributed by atoms with Gasteiger partial charge in [-0.2, -0.15) is 0 Å². The fourth-order valence-electron chi connectivity index (χ4n) is 5.07. The van der Waals surface area contributed by atoms with Gasteiger partial charge in [0.1, 0.15) is 18.4 Å². The number of nitrogens with zero attached hydrogens (tertiary/aromatic N) is 2. The van der Waals surface area contributed by atoms with Gasteiger partial charge in [-0.25, -0.2) is 12.8 Å². The molecule has 2 amide bonds. The highest BCUT2D eigenvalue weighted by Gasteiger charge is 2.35. The summed E-state index contributed by atoms with van der Waals surface area (Å²) < 4.78 is 55.0. The summed E-state index contributed by atoms with van der Waals surface area (Å²) in [5, 5.41) is 3.01. The third-order valence-electron chi connectivity index (χ3n) is 7.85. The van der Waals surface area contributed by atoms with E-state index in [-0.39, 0.29) is 41.2 Å². The number of halogens is 2. The zero-order valence-corrected chi connectivity index (χ0v) is 29.6. The van der Waals surface area contributed by atoms with Crippen LogP contribution < -0.4 is 19.1 Å². The van der Waals surface area contributed by atoms with Gasteiger partial charge in [0.2, 0.25) is 11.8 Å². The molecule has 0 aliphatic heterocycles. The molecule has 0 saturated heterocycles. The molecule has 0 saturated carbocycles. The Labute approximate surface area is 289 Å². The Kier molecular flexibility index (Phi) is 12.6. The average Bonchev–Trinajstić information content (AvgIpc) is 3.09. The van der Waals surface area contributed by atoms with Crippen LogP contribution in [0.5, 0.6) is 11.5 Å². The van der Waals surface area contributed by atoms with Crippen LogP contribution >= 0.6 is 15.9 Å². The Balaban J connectivity index is 1.83. The molecule has 0 aromatic heterocycles. The summed E-state index contributed by atoms with van der Waals surface area (Å²) in [5.74, 6) is -1.09. The predicted octanol–water partition coefficient (Wildman–Crippen LogP) is 6.36. The maximum Gasteiger partial charge on any atom is 0.264 e. The summed E-state index contributed by atoms with van der Waals surface area (Å²) in [7, 11) is -1.63. The fraction of sp³-hybridized carbons (Fsp3) is 0.278. The molecule has 2 unspecified atom stereocenters. The predicted molar refractivity (Wildman–Crippen MR) is 187 cm³/mol. The molecule has 12 heteroatoms. The van der Waals surface area contributed by atoms with Gasteiger partial charge in [-0.15, -0.1) is 0 Å². The number of ether oxygens (including phenoxy) is 2. The molecule has 4 rings (SSSR count). The van der Waals surface area contributed by atoms with E-state index < -0.39 is 34.3 Å². The van der Waals surface area contributed by atoms with Gasteiger partial charge in [0.15, 0.2) is 11.5 Å². The van der Waals surface area contributed by atoms with Crippen LogP contribution in [0, 0.1) is 5.82 Å². The molecule has 0 aliphatic rings. The standard InChI is InChI=1S/C36H39BrFN3O6S/c1-5-25(2)39-36(43)32(21-26-10-7-6-8-11-26)40(23-27-12-9-13-28(37)20-27)35(42)24-41(30-16-14-29(38)15-17-30)48(44,45)31-18-19-33(46-3)34(22-31)47-4/h6-20,22,25,32H,5,21,23-24H2,1-4H3,(H,39,43). The van der Waals surface area contributed by atoms with Crippen LogP contribution in [0.15, 0.2) is 106 Å².